The van der Waals surface area contributed by atoms with Gasteiger partial charge in [0, 0.05) is 25.3 Å². The molecule has 2 heterocycles. The lowest BCUT2D eigenvalue weighted by molar-refractivity contribution is -0.134. The molecule has 1 atom stereocenters. The quantitative estimate of drug-likeness (QED) is 0.907. The highest BCUT2D eigenvalue weighted by atomic mass is 16.2. The van der Waals surface area contributed by atoms with Gasteiger partial charge < -0.3 is 9.80 Å². The van der Waals surface area contributed by atoms with Crippen LogP contribution >= 0.6 is 0 Å². The van der Waals surface area contributed by atoms with Gasteiger partial charge in [-0.05, 0) is 56.7 Å². The summed E-state index contributed by atoms with van der Waals surface area (Å²) in [6.45, 7) is 5.20. The van der Waals surface area contributed by atoms with E-state index in [0.29, 0.717) is 5.91 Å². The summed E-state index contributed by atoms with van der Waals surface area (Å²) in [5.74, 6) is 0.319. The minimum atomic E-state index is -0.301. The van der Waals surface area contributed by atoms with Crippen molar-refractivity contribution in [2.45, 2.75) is 70.0 Å². The summed E-state index contributed by atoms with van der Waals surface area (Å²) in [5, 5.41) is 3.74. The average molecular weight is 341 g/mol. The molecule has 25 heavy (non-hydrogen) atoms. The van der Waals surface area contributed by atoms with E-state index in [1.165, 1.54) is 50.0 Å². The SMILES string of the molecule is CCN1C(=O)C2(CCCCC2)N[C@@H]1c1ccc(N2CCCCC2)cc1. The number of nitrogens with one attached hydrogen (secondary N) is 1. The second kappa shape index (κ2) is 6.99. The standard InChI is InChI=1S/C21H31N3O/c1-2-24-19(22-21(20(24)25)13-5-3-6-14-21)17-9-11-18(12-10-17)23-15-7-4-8-16-23/h9-12,19,22H,2-8,13-16H2,1H3/t19-/m0/s1. The largest absolute Gasteiger partial charge is 0.372 e. The third-order valence-electron chi connectivity index (χ3n) is 6.37. The number of anilines is 1. The van der Waals surface area contributed by atoms with Crippen LogP contribution in [0.2, 0.25) is 0 Å². The van der Waals surface area contributed by atoms with Crippen LogP contribution in [-0.4, -0.2) is 36.0 Å². The van der Waals surface area contributed by atoms with Crippen molar-refractivity contribution in [3.05, 3.63) is 29.8 Å². The molecule has 4 heteroatoms. The molecule has 1 spiro atoms. The number of nitrogens with zero attached hydrogens (tertiary/aromatic N) is 2. The predicted molar refractivity (Wildman–Crippen MR) is 102 cm³/mol. The molecule has 1 aliphatic carbocycles. The number of carbonyl (C=O) groups is 1. The Morgan fingerprint density at radius 2 is 1.64 bits per heavy atom. The molecule has 1 aromatic rings. The van der Waals surface area contributed by atoms with Gasteiger partial charge in [0.15, 0.2) is 0 Å². The van der Waals surface area contributed by atoms with Crippen molar-refractivity contribution in [1.29, 1.82) is 0 Å². The van der Waals surface area contributed by atoms with Crippen molar-refractivity contribution < 1.29 is 4.79 Å². The van der Waals surface area contributed by atoms with E-state index < -0.39 is 0 Å². The van der Waals surface area contributed by atoms with Crippen molar-refractivity contribution in [3.63, 3.8) is 0 Å². The number of hydrogen-bond acceptors (Lipinski definition) is 3. The van der Waals surface area contributed by atoms with Gasteiger partial charge >= 0.3 is 0 Å². The van der Waals surface area contributed by atoms with Gasteiger partial charge in [-0.3, -0.25) is 10.1 Å². The van der Waals surface area contributed by atoms with Crippen molar-refractivity contribution in [3.8, 4) is 0 Å². The Hall–Kier alpha value is -1.55. The fourth-order valence-electron chi connectivity index (χ4n) is 4.92. The zero-order chi connectivity index (χ0) is 17.3. The van der Waals surface area contributed by atoms with E-state index in [2.05, 4.69) is 41.4 Å². The van der Waals surface area contributed by atoms with Crippen molar-refractivity contribution in [2.75, 3.05) is 24.5 Å². The maximum absolute atomic E-state index is 13.1. The van der Waals surface area contributed by atoms with Gasteiger partial charge in [0.2, 0.25) is 5.91 Å². The van der Waals surface area contributed by atoms with Gasteiger partial charge in [0.05, 0.1) is 5.54 Å². The Labute approximate surface area is 151 Å². The molecule has 3 fully saturated rings. The highest BCUT2D eigenvalue weighted by molar-refractivity contribution is 5.89. The molecule has 4 rings (SSSR count). The molecular weight excluding hydrogens is 310 g/mol. The maximum Gasteiger partial charge on any atom is 0.244 e. The van der Waals surface area contributed by atoms with Crippen LogP contribution in [0.4, 0.5) is 5.69 Å². The summed E-state index contributed by atoms with van der Waals surface area (Å²) in [5.41, 5.74) is 2.24. The molecule has 3 aliphatic rings. The summed E-state index contributed by atoms with van der Waals surface area (Å²) < 4.78 is 0. The first kappa shape index (κ1) is 16.9. The molecule has 4 nitrogen and oxygen atoms in total. The van der Waals surface area contributed by atoms with Crippen LogP contribution in [0.3, 0.4) is 0 Å². The van der Waals surface area contributed by atoms with E-state index in [0.717, 1.165) is 32.2 Å². The van der Waals surface area contributed by atoms with E-state index in [1.807, 2.05) is 4.90 Å². The highest BCUT2D eigenvalue weighted by Crippen LogP contribution is 2.39. The Bertz CT molecular complexity index is 600. The summed E-state index contributed by atoms with van der Waals surface area (Å²) in [4.78, 5) is 17.6. The zero-order valence-electron chi connectivity index (χ0n) is 15.5. The molecule has 1 N–H and O–H groups in total. The summed E-state index contributed by atoms with van der Waals surface area (Å²) in [6, 6.07) is 8.93. The molecule has 2 saturated heterocycles. The normalized spacial score (nSPS) is 26.4. The van der Waals surface area contributed by atoms with Gasteiger partial charge in [-0.15, -0.1) is 0 Å². The van der Waals surface area contributed by atoms with E-state index in [4.69, 9.17) is 0 Å². The lowest BCUT2D eigenvalue weighted by Crippen LogP contribution is -2.48. The number of piperidine rings is 1. The van der Waals surface area contributed by atoms with Crippen LogP contribution in [-0.2, 0) is 4.79 Å². The van der Waals surface area contributed by atoms with Crippen LogP contribution < -0.4 is 10.2 Å². The van der Waals surface area contributed by atoms with E-state index in [1.54, 1.807) is 0 Å². The van der Waals surface area contributed by atoms with Crippen molar-refractivity contribution in [2.24, 2.45) is 0 Å². The molecule has 0 radical (unpaired) electrons. The lowest BCUT2D eigenvalue weighted by Gasteiger charge is -2.31. The van der Waals surface area contributed by atoms with Crippen molar-refractivity contribution >= 4 is 11.6 Å². The molecule has 1 saturated carbocycles. The van der Waals surface area contributed by atoms with Crippen LogP contribution in [0.15, 0.2) is 24.3 Å². The monoisotopic (exact) mass is 341 g/mol. The third-order valence-corrected chi connectivity index (χ3v) is 6.37. The fraction of sp³-hybridized carbons (Fsp3) is 0.667. The minimum absolute atomic E-state index is 0.0333. The minimum Gasteiger partial charge on any atom is -0.372 e. The topological polar surface area (TPSA) is 35.6 Å². The number of hydrogen-bond donors (Lipinski definition) is 1. The van der Waals surface area contributed by atoms with E-state index in [-0.39, 0.29) is 11.7 Å². The second-order valence-corrected chi connectivity index (χ2v) is 7.92. The van der Waals surface area contributed by atoms with Gasteiger partial charge in [-0.1, -0.05) is 31.4 Å². The number of amides is 1. The lowest BCUT2D eigenvalue weighted by atomic mass is 9.81. The summed E-state index contributed by atoms with van der Waals surface area (Å²) in [6.07, 6.45) is 9.56. The van der Waals surface area contributed by atoms with Gasteiger partial charge in [-0.2, -0.15) is 0 Å². The smallest absolute Gasteiger partial charge is 0.244 e. The van der Waals surface area contributed by atoms with Crippen LogP contribution in [0, 0.1) is 0 Å². The summed E-state index contributed by atoms with van der Waals surface area (Å²) >= 11 is 0. The van der Waals surface area contributed by atoms with Crippen molar-refractivity contribution in [1.82, 2.24) is 10.2 Å². The van der Waals surface area contributed by atoms with Crippen LogP contribution in [0.5, 0.6) is 0 Å². The predicted octanol–water partition coefficient (Wildman–Crippen LogP) is 3.83. The second-order valence-electron chi connectivity index (χ2n) is 7.92. The number of likely N-dealkylation sites (N-methyl/N-ethyl adjacent to an activating group) is 1. The molecule has 0 bridgehead atoms. The molecule has 136 valence electrons. The zero-order valence-corrected chi connectivity index (χ0v) is 15.5. The van der Waals surface area contributed by atoms with Gasteiger partial charge in [0.1, 0.15) is 6.17 Å². The summed E-state index contributed by atoms with van der Waals surface area (Å²) in [7, 11) is 0. The first-order valence-corrected chi connectivity index (χ1v) is 10.2. The number of benzene rings is 1. The number of carbonyl (C=O) groups excluding carboxylic acids is 1. The fourth-order valence-corrected chi connectivity index (χ4v) is 4.92. The number of rotatable bonds is 3. The Morgan fingerprint density at radius 1 is 1.00 bits per heavy atom. The Kier molecular flexibility index (Phi) is 4.72. The maximum atomic E-state index is 13.1. The van der Waals surface area contributed by atoms with Crippen LogP contribution in [0.1, 0.15) is 70.0 Å². The van der Waals surface area contributed by atoms with Crippen LogP contribution in [0.25, 0.3) is 0 Å². The molecule has 2 aliphatic heterocycles. The first-order valence-electron chi connectivity index (χ1n) is 10.2. The van der Waals surface area contributed by atoms with E-state index in [9.17, 15) is 4.79 Å². The third kappa shape index (κ3) is 3.05. The molecule has 1 aromatic carbocycles. The Balaban J connectivity index is 1.54. The van der Waals surface area contributed by atoms with E-state index >= 15 is 0 Å². The molecule has 0 aromatic heterocycles. The first-order chi connectivity index (χ1) is 12.2. The average Bonchev–Trinajstić information content (AvgIpc) is 2.95. The molecular formula is C21H31N3O. The Morgan fingerprint density at radius 3 is 2.28 bits per heavy atom. The highest BCUT2D eigenvalue weighted by Gasteiger charge is 2.50. The molecule has 1 amide bonds. The van der Waals surface area contributed by atoms with Gasteiger partial charge in [-0.25, -0.2) is 0 Å². The van der Waals surface area contributed by atoms with Gasteiger partial charge in [0.25, 0.3) is 0 Å². The molecule has 0 unspecified atom stereocenters.